The van der Waals surface area contributed by atoms with Crippen molar-refractivity contribution in [1.82, 2.24) is 9.80 Å². The molecular weight excluding hydrogens is 246 g/mol. The third-order valence-corrected chi connectivity index (χ3v) is 5.91. The Balaban J connectivity index is 2.04. The second-order valence-electron chi connectivity index (χ2n) is 7.51. The van der Waals surface area contributed by atoms with Gasteiger partial charge in [0.15, 0.2) is 0 Å². The van der Waals surface area contributed by atoms with E-state index in [1.54, 1.807) is 0 Å². The smallest absolute Gasteiger partial charge is 0.0332 e. The third-order valence-electron chi connectivity index (χ3n) is 5.91. The van der Waals surface area contributed by atoms with Gasteiger partial charge in [-0.25, -0.2) is 0 Å². The Labute approximate surface area is 125 Å². The van der Waals surface area contributed by atoms with Crippen LogP contribution < -0.4 is 5.73 Å². The maximum Gasteiger partial charge on any atom is 0.0332 e. The second kappa shape index (κ2) is 7.24. The van der Waals surface area contributed by atoms with Crippen LogP contribution >= 0.6 is 0 Å². The number of hydrogen-bond donors (Lipinski definition) is 1. The molecule has 118 valence electrons. The molecule has 20 heavy (non-hydrogen) atoms. The summed E-state index contributed by atoms with van der Waals surface area (Å²) in [6.07, 6.45) is 8.08. The van der Waals surface area contributed by atoms with Crippen molar-refractivity contribution >= 4 is 0 Å². The highest BCUT2D eigenvalue weighted by molar-refractivity contribution is 4.95. The molecule has 2 unspecified atom stereocenters. The van der Waals surface area contributed by atoms with E-state index in [9.17, 15) is 0 Å². The zero-order valence-corrected chi connectivity index (χ0v) is 13.9. The summed E-state index contributed by atoms with van der Waals surface area (Å²) >= 11 is 0. The van der Waals surface area contributed by atoms with Crippen molar-refractivity contribution in [1.29, 1.82) is 0 Å². The molecule has 0 radical (unpaired) electrons. The number of nitrogens with zero attached hydrogens (tertiary/aromatic N) is 2. The van der Waals surface area contributed by atoms with Gasteiger partial charge in [-0.15, -0.1) is 0 Å². The standard InChI is InChI=1S/C17H35N3/c1-15(2)16-6-4-8-17(14-18,9-7-16)20-11-5-10-19(3)12-13-20/h15-16H,4-14,18H2,1-3H3. The van der Waals surface area contributed by atoms with Crippen LogP contribution in [-0.4, -0.2) is 55.1 Å². The van der Waals surface area contributed by atoms with E-state index in [0.29, 0.717) is 5.54 Å². The predicted molar refractivity (Wildman–Crippen MR) is 86.9 cm³/mol. The van der Waals surface area contributed by atoms with Gasteiger partial charge in [-0.3, -0.25) is 4.90 Å². The lowest BCUT2D eigenvalue weighted by Crippen LogP contribution is -2.54. The van der Waals surface area contributed by atoms with Gasteiger partial charge in [0, 0.05) is 31.7 Å². The fourth-order valence-electron chi connectivity index (χ4n) is 4.25. The van der Waals surface area contributed by atoms with Gasteiger partial charge in [0.1, 0.15) is 0 Å². The molecule has 2 aliphatic rings. The Kier molecular flexibility index (Phi) is 5.88. The monoisotopic (exact) mass is 281 g/mol. The highest BCUT2D eigenvalue weighted by Crippen LogP contribution is 2.37. The third kappa shape index (κ3) is 3.75. The van der Waals surface area contributed by atoms with Gasteiger partial charge < -0.3 is 10.6 Å². The van der Waals surface area contributed by atoms with Gasteiger partial charge in [-0.1, -0.05) is 26.7 Å². The van der Waals surface area contributed by atoms with E-state index in [2.05, 4.69) is 30.7 Å². The molecule has 1 aliphatic heterocycles. The summed E-state index contributed by atoms with van der Waals surface area (Å²) in [5.41, 5.74) is 6.59. The van der Waals surface area contributed by atoms with Crippen LogP contribution in [0.15, 0.2) is 0 Å². The van der Waals surface area contributed by atoms with Crippen LogP contribution in [-0.2, 0) is 0 Å². The molecule has 2 N–H and O–H groups in total. The van der Waals surface area contributed by atoms with Crippen LogP contribution in [0.4, 0.5) is 0 Å². The summed E-state index contributed by atoms with van der Waals surface area (Å²) < 4.78 is 0. The molecule has 1 heterocycles. The Hall–Kier alpha value is -0.120. The van der Waals surface area contributed by atoms with Crippen molar-refractivity contribution in [2.24, 2.45) is 17.6 Å². The van der Waals surface area contributed by atoms with Crippen molar-refractivity contribution in [2.45, 2.75) is 57.9 Å². The lowest BCUT2D eigenvalue weighted by molar-refractivity contribution is 0.0806. The summed E-state index contributed by atoms with van der Waals surface area (Å²) in [4.78, 5) is 5.22. The molecular formula is C17H35N3. The highest BCUT2D eigenvalue weighted by atomic mass is 15.3. The van der Waals surface area contributed by atoms with Gasteiger partial charge in [0.05, 0.1) is 0 Å². The molecule has 1 aliphatic carbocycles. The van der Waals surface area contributed by atoms with Crippen molar-refractivity contribution in [2.75, 3.05) is 39.8 Å². The van der Waals surface area contributed by atoms with Crippen molar-refractivity contribution < 1.29 is 0 Å². The molecule has 3 heteroatoms. The Morgan fingerprint density at radius 2 is 1.85 bits per heavy atom. The van der Waals surface area contributed by atoms with E-state index < -0.39 is 0 Å². The van der Waals surface area contributed by atoms with Gasteiger partial charge in [-0.2, -0.15) is 0 Å². The molecule has 2 fully saturated rings. The molecule has 0 amide bonds. The summed E-state index contributed by atoms with van der Waals surface area (Å²) in [5.74, 6) is 1.75. The lowest BCUT2D eigenvalue weighted by atomic mass is 9.85. The molecule has 0 aromatic rings. The first-order chi connectivity index (χ1) is 9.57. The van der Waals surface area contributed by atoms with Crippen LogP contribution in [0.1, 0.15) is 52.4 Å². The van der Waals surface area contributed by atoms with Gasteiger partial charge in [0.2, 0.25) is 0 Å². The maximum absolute atomic E-state index is 6.29. The summed E-state index contributed by atoms with van der Waals surface area (Å²) in [7, 11) is 2.25. The second-order valence-corrected chi connectivity index (χ2v) is 7.51. The van der Waals surface area contributed by atoms with E-state index in [-0.39, 0.29) is 0 Å². The Morgan fingerprint density at radius 1 is 1.05 bits per heavy atom. The Bertz CT molecular complexity index is 292. The maximum atomic E-state index is 6.29. The average Bonchev–Trinajstić information content (AvgIpc) is 2.77. The predicted octanol–water partition coefficient (Wildman–Crippen LogP) is 2.56. The summed E-state index contributed by atoms with van der Waals surface area (Å²) in [6, 6.07) is 0. The van der Waals surface area contributed by atoms with Crippen molar-refractivity contribution in [3.05, 3.63) is 0 Å². The van der Waals surface area contributed by atoms with Crippen LogP contribution in [0.3, 0.4) is 0 Å². The van der Waals surface area contributed by atoms with Crippen LogP contribution in [0.5, 0.6) is 0 Å². The molecule has 1 saturated carbocycles. The first-order valence-electron chi connectivity index (χ1n) is 8.71. The largest absolute Gasteiger partial charge is 0.329 e. The van der Waals surface area contributed by atoms with Gasteiger partial charge in [0.25, 0.3) is 0 Å². The quantitative estimate of drug-likeness (QED) is 0.807. The van der Waals surface area contributed by atoms with E-state index in [4.69, 9.17) is 5.73 Å². The van der Waals surface area contributed by atoms with Gasteiger partial charge >= 0.3 is 0 Å². The Morgan fingerprint density at radius 3 is 2.55 bits per heavy atom. The fraction of sp³-hybridized carbons (Fsp3) is 1.00. The van der Waals surface area contributed by atoms with Crippen LogP contribution in [0.2, 0.25) is 0 Å². The summed E-state index contributed by atoms with van der Waals surface area (Å²) in [5, 5.41) is 0. The number of likely N-dealkylation sites (N-methyl/N-ethyl adjacent to an activating group) is 1. The van der Waals surface area contributed by atoms with E-state index in [1.807, 2.05) is 0 Å². The molecule has 3 nitrogen and oxygen atoms in total. The number of nitrogens with two attached hydrogens (primary N) is 1. The average molecular weight is 281 g/mol. The minimum Gasteiger partial charge on any atom is -0.329 e. The minimum absolute atomic E-state index is 0.300. The van der Waals surface area contributed by atoms with Crippen molar-refractivity contribution in [3.63, 3.8) is 0 Å². The molecule has 0 spiro atoms. The minimum atomic E-state index is 0.300. The SMILES string of the molecule is CC(C)C1CCCC(CN)(N2CCCN(C)CC2)CC1. The first-order valence-corrected chi connectivity index (χ1v) is 8.71. The van der Waals surface area contributed by atoms with E-state index >= 15 is 0 Å². The van der Waals surface area contributed by atoms with Crippen molar-refractivity contribution in [3.8, 4) is 0 Å². The topological polar surface area (TPSA) is 32.5 Å². The molecule has 1 saturated heterocycles. The molecule has 0 aromatic heterocycles. The first kappa shape index (κ1) is 16.3. The summed E-state index contributed by atoms with van der Waals surface area (Å²) in [6.45, 7) is 10.5. The van der Waals surface area contributed by atoms with E-state index in [0.717, 1.165) is 18.4 Å². The molecule has 0 aromatic carbocycles. The number of hydrogen-bond acceptors (Lipinski definition) is 3. The zero-order chi connectivity index (χ0) is 14.6. The van der Waals surface area contributed by atoms with E-state index in [1.165, 1.54) is 64.7 Å². The van der Waals surface area contributed by atoms with Crippen LogP contribution in [0, 0.1) is 11.8 Å². The lowest BCUT2D eigenvalue weighted by Gasteiger charge is -2.43. The van der Waals surface area contributed by atoms with Gasteiger partial charge in [-0.05, 0) is 51.1 Å². The molecule has 2 atom stereocenters. The highest BCUT2D eigenvalue weighted by Gasteiger charge is 2.38. The zero-order valence-electron chi connectivity index (χ0n) is 13.9. The number of rotatable bonds is 3. The fourth-order valence-corrected chi connectivity index (χ4v) is 4.25. The molecule has 0 bridgehead atoms. The van der Waals surface area contributed by atoms with Crippen LogP contribution in [0.25, 0.3) is 0 Å². The molecule has 2 rings (SSSR count). The normalized spacial score (nSPS) is 35.0.